The molecule has 6 nitrogen and oxygen atoms in total. The van der Waals surface area contributed by atoms with Crippen LogP contribution in [0.2, 0.25) is 0 Å². The van der Waals surface area contributed by atoms with Crippen molar-refractivity contribution in [1.82, 2.24) is 19.9 Å². The fourth-order valence-electron chi connectivity index (χ4n) is 3.52. The van der Waals surface area contributed by atoms with E-state index in [1.807, 2.05) is 18.2 Å². The van der Waals surface area contributed by atoms with E-state index in [-0.39, 0.29) is 5.91 Å². The van der Waals surface area contributed by atoms with Gasteiger partial charge in [-0.1, -0.05) is 30.3 Å². The van der Waals surface area contributed by atoms with Gasteiger partial charge >= 0.3 is 0 Å². The van der Waals surface area contributed by atoms with Gasteiger partial charge in [0.2, 0.25) is 0 Å². The standard InChI is InChI=1S/C25H26N4O2/c1-18-11-12-19(2)23(16-18)31-15-7-14-29-22-10-4-3-8-20(22)28-24(29)17-27-25(30)21-9-5-6-13-26-21/h3-6,8-13,16H,7,14-15,17H2,1-2H3,(H,27,30). The molecule has 0 unspecified atom stereocenters. The van der Waals surface area contributed by atoms with Crippen LogP contribution in [0.25, 0.3) is 11.0 Å². The molecular weight excluding hydrogens is 388 g/mol. The van der Waals surface area contributed by atoms with E-state index >= 15 is 0 Å². The average molecular weight is 415 g/mol. The highest BCUT2D eigenvalue weighted by atomic mass is 16.5. The number of fused-ring (bicyclic) bond motifs is 1. The van der Waals surface area contributed by atoms with E-state index in [0.717, 1.165) is 41.1 Å². The molecule has 2 aromatic carbocycles. The van der Waals surface area contributed by atoms with Crippen LogP contribution in [0, 0.1) is 13.8 Å². The summed E-state index contributed by atoms with van der Waals surface area (Å²) in [7, 11) is 0. The van der Waals surface area contributed by atoms with Crippen molar-refractivity contribution in [3.05, 3.63) is 89.5 Å². The van der Waals surface area contributed by atoms with Crippen molar-refractivity contribution in [3.8, 4) is 5.75 Å². The average Bonchev–Trinajstić information content (AvgIpc) is 3.15. The van der Waals surface area contributed by atoms with Crippen LogP contribution in [0.3, 0.4) is 0 Å². The zero-order valence-electron chi connectivity index (χ0n) is 17.8. The number of carbonyl (C=O) groups excluding carboxylic acids is 1. The molecule has 0 spiro atoms. The number of hydrogen-bond donors (Lipinski definition) is 1. The zero-order valence-corrected chi connectivity index (χ0v) is 17.8. The molecule has 6 heteroatoms. The van der Waals surface area contributed by atoms with E-state index in [2.05, 4.69) is 53.0 Å². The number of amides is 1. The van der Waals surface area contributed by atoms with Gasteiger partial charge in [0.25, 0.3) is 5.91 Å². The fraction of sp³-hybridized carbons (Fsp3) is 0.240. The van der Waals surface area contributed by atoms with Crippen molar-refractivity contribution in [2.75, 3.05) is 6.61 Å². The highest BCUT2D eigenvalue weighted by Crippen LogP contribution is 2.20. The molecule has 0 aliphatic carbocycles. The van der Waals surface area contributed by atoms with Crippen LogP contribution in [-0.2, 0) is 13.1 Å². The molecule has 1 N–H and O–H groups in total. The highest BCUT2D eigenvalue weighted by Gasteiger charge is 2.13. The lowest BCUT2D eigenvalue weighted by Gasteiger charge is -2.12. The Morgan fingerprint density at radius 3 is 2.74 bits per heavy atom. The van der Waals surface area contributed by atoms with Crippen LogP contribution in [-0.4, -0.2) is 27.0 Å². The minimum atomic E-state index is -0.211. The van der Waals surface area contributed by atoms with Gasteiger partial charge in [0.15, 0.2) is 0 Å². The van der Waals surface area contributed by atoms with Gasteiger partial charge in [-0.3, -0.25) is 9.78 Å². The van der Waals surface area contributed by atoms with Gasteiger partial charge in [-0.05, 0) is 61.7 Å². The van der Waals surface area contributed by atoms with Crippen molar-refractivity contribution in [3.63, 3.8) is 0 Å². The third-order valence-electron chi connectivity index (χ3n) is 5.17. The van der Waals surface area contributed by atoms with Crippen molar-refractivity contribution in [2.24, 2.45) is 0 Å². The summed E-state index contributed by atoms with van der Waals surface area (Å²) in [6, 6.07) is 19.5. The minimum Gasteiger partial charge on any atom is -0.493 e. The number of nitrogens with one attached hydrogen (secondary N) is 1. The van der Waals surface area contributed by atoms with Crippen LogP contribution >= 0.6 is 0 Å². The number of para-hydroxylation sites is 2. The number of aryl methyl sites for hydroxylation is 3. The molecule has 4 rings (SSSR count). The third kappa shape index (κ3) is 4.91. The first kappa shape index (κ1) is 20.6. The molecule has 0 atom stereocenters. The Labute approximate surface area is 181 Å². The first-order valence-corrected chi connectivity index (χ1v) is 10.5. The van der Waals surface area contributed by atoms with E-state index < -0.39 is 0 Å². The highest BCUT2D eigenvalue weighted by molar-refractivity contribution is 5.92. The Bertz CT molecular complexity index is 1180. The molecule has 1 amide bonds. The second kappa shape index (κ2) is 9.43. The molecule has 0 bridgehead atoms. The van der Waals surface area contributed by atoms with Gasteiger partial charge < -0.3 is 14.6 Å². The Balaban J connectivity index is 1.43. The lowest BCUT2D eigenvalue weighted by molar-refractivity contribution is 0.0944. The van der Waals surface area contributed by atoms with E-state index in [9.17, 15) is 4.79 Å². The molecule has 158 valence electrons. The van der Waals surface area contributed by atoms with Crippen LogP contribution in [0.15, 0.2) is 66.9 Å². The molecule has 0 fully saturated rings. The van der Waals surface area contributed by atoms with Crippen molar-refractivity contribution >= 4 is 16.9 Å². The lowest BCUT2D eigenvalue weighted by atomic mass is 10.1. The first-order chi connectivity index (χ1) is 15.1. The second-order valence-electron chi connectivity index (χ2n) is 7.54. The SMILES string of the molecule is Cc1ccc(C)c(OCCCn2c(CNC(=O)c3ccccn3)nc3ccccc32)c1. The quantitative estimate of drug-likeness (QED) is 0.433. The molecule has 0 saturated carbocycles. The molecule has 2 heterocycles. The summed E-state index contributed by atoms with van der Waals surface area (Å²) in [5.74, 6) is 1.54. The van der Waals surface area contributed by atoms with Gasteiger partial charge in [0.1, 0.15) is 17.3 Å². The molecule has 2 aromatic heterocycles. The van der Waals surface area contributed by atoms with Gasteiger partial charge in [-0.15, -0.1) is 0 Å². The Morgan fingerprint density at radius 2 is 1.90 bits per heavy atom. The fourth-order valence-corrected chi connectivity index (χ4v) is 3.52. The van der Waals surface area contributed by atoms with Crippen LogP contribution in [0.5, 0.6) is 5.75 Å². The largest absolute Gasteiger partial charge is 0.493 e. The number of ether oxygens (including phenoxy) is 1. The van der Waals surface area contributed by atoms with Crippen molar-refractivity contribution in [1.29, 1.82) is 0 Å². The summed E-state index contributed by atoms with van der Waals surface area (Å²) in [4.78, 5) is 21.2. The third-order valence-corrected chi connectivity index (χ3v) is 5.17. The number of hydrogen-bond acceptors (Lipinski definition) is 4. The number of pyridine rings is 1. The number of nitrogens with zero attached hydrogens (tertiary/aromatic N) is 3. The monoisotopic (exact) mass is 414 g/mol. The summed E-state index contributed by atoms with van der Waals surface area (Å²) in [6.07, 6.45) is 2.44. The molecule has 31 heavy (non-hydrogen) atoms. The maximum atomic E-state index is 12.4. The van der Waals surface area contributed by atoms with Crippen molar-refractivity contribution in [2.45, 2.75) is 33.4 Å². The molecule has 0 aliphatic heterocycles. The summed E-state index contributed by atoms with van der Waals surface area (Å²) in [5.41, 5.74) is 4.69. The van der Waals surface area contributed by atoms with Gasteiger partial charge in [0, 0.05) is 12.7 Å². The summed E-state index contributed by atoms with van der Waals surface area (Å²) >= 11 is 0. The van der Waals surface area contributed by atoms with Crippen LogP contribution in [0.1, 0.15) is 33.9 Å². The summed E-state index contributed by atoms with van der Waals surface area (Å²) < 4.78 is 8.17. The van der Waals surface area contributed by atoms with Crippen LogP contribution in [0.4, 0.5) is 0 Å². The van der Waals surface area contributed by atoms with Gasteiger partial charge in [-0.2, -0.15) is 0 Å². The first-order valence-electron chi connectivity index (χ1n) is 10.5. The Morgan fingerprint density at radius 1 is 1.06 bits per heavy atom. The van der Waals surface area contributed by atoms with Gasteiger partial charge in [0.05, 0.1) is 24.2 Å². The smallest absolute Gasteiger partial charge is 0.270 e. The molecule has 0 saturated heterocycles. The van der Waals surface area contributed by atoms with E-state index in [4.69, 9.17) is 9.72 Å². The maximum Gasteiger partial charge on any atom is 0.270 e. The topological polar surface area (TPSA) is 69.0 Å². The lowest BCUT2D eigenvalue weighted by Crippen LogP contribution is -2.25. The number of carbonyl (C=O) groups is 1. The number of imidazole rings is 1. The summed E-state index contributed by atoms with van der Waals surface area (Å²) in [6.45, 7) is 5.81. The Kier molecular flexibility index (Phi) is 6.26. The second-order valence-corrected chi connectivity index (χ2v) is 7.54. The normalized spacial score (nSPS) is 10.9. The zero-order chi connectivity index (χ0) is 21.6. The summed E-state index contributed by atoms with van der Waals surface area (Å²) in [5, 5.41) is 2.93. The number of benzene rings is 2. The van der Waals surface area contributed by atoms with E-state index in [0.29, 0.717) is 18.8 Å². The number of rotatable bonds is 8. The molecule has 0 aliphatic rings. The predicted molar refractivity (Wildman–Crippen MR) is 121 cm³/mol. The molecule has 4 aromatic rings. The molecule has 0 radical (unpaired) electrons. The molecular formula is C25H26N4O2. The maximum absolute atomic E-state index is 12.4. The van der Waals surface area contributed by atoms with E-state index in [1.54, 1.807) is 24.4 Å². The number of aromatic nitrogens is 3. The minimum absolute atomic E-state index is 0.211. The van der Waals surface area contributed by atoms with Gasteiger partial charge in [-0.25, -0.2) is 4.98 Å². The predicted octanol–water partition coefficient (Wildman–Crippen LogP) is 4.45. The Hall–Kier alpha value is -3.67. The van der Waals surface area contributed by atoms with Crippen LogP contribution < -0.4 is 10.1 Å². The van der Waals surface area contributed by atoms with E-state index in [1.165, 1.54) is 5.56 Å². The van der Waals surface area contributed by atoms with Crippen molar-refractivity contribution < 1.29 is 9.53 Å².